The predicted molar refractivity (Wildman–Crippen MR) is 144 cm³/mol. The van der Waals surface area contributed by atoms with Crippen LogP contribution in [0, 0.1) is 0 Å². The summed E-state index contributed by atoms with van der Waals surface area (Å²) in [6.45, 7) is 8.33. The number of Topliss-reactive ketones (excluding diaryl/α,β-unsaturated/α-hetero) is 1. The smallest absolute Gasteiger partial charge is 0.410 e. The van der Waals surface area contributed by atoms with E-state index in [-0.39, 0.29) is 32.0 Å². The van der Waals surface area contributed by atoms with Crippen molar-refractivity contribution in [3.63, 3.8) is 0 Å². The fraction of sp³-hybridized carbons (Fsp3) is 0.448. The molecule has 210 valence electrons. The summed E-state index contributed by atoms with van der Waals surface area (Å²) in [5, 5.41) is 5.82. The number of hydrogen-bond donors (Lipinski definition) is 2. The second-order valence-corrected chi connectivity index (χ2v) is 10.2. The summed E-state index contributed by atoms with van der Waals surface area (Å²) in [5.41, 5.74) is 1.25. The average molecular weight is 540 g/mol. The Balaban J connectivity index is 1.77. The van der Waals surface area contributed by atoms with Gasteiger partial charge in [-0.2, -0.15) is 0 Å². The van der Waals surface area contributed by atoms with Crippen molar-refractivity contribution in [1.82, 2.24) is 15.5 Å². The van der Waals surface area contributed by atoms with Crippen LogP contribution in [0.1, 0.15) is 49.2 Å². The number of carbonyl (C=O) groups excluding carboxylic acids is 4. The van der Waals surface area contributed by atoms with E-state index in [9.17, 15) is 19.2 Å². The molecule has 2 amide bonds. The van der Waals surface area contributed by atoms with Gasteiger partial charge in [0.05, 0.1) is 18.2 Å². The molecule has 0 saturated carbocycles. The molecule has 2 aromatic carbocycles. The van der Waals surface area contributed by atoms with Gasteiger partial charge in [-0.3, -0.25) is 9.69 Å². The number of piperazine rings is 1. The van der Waals surface area contributed by atoms with E-state index in [0.717, 1.165) is 5.56 Å². The van der Waals surface area contributed by atoms with Crippen LogP contribution in [0.3, 0.4) is 0 Å². The van der Waals surface area contributed by atoms with E-state index in [0.29, 0.717) is 24.2 Å². The van der Waals surface area contributed by atoms with Gasteiger partial charge >= 0.3 is 18.2 Å². The van der Waals surface area contributed by atoms with Crippen LogP contribution in [0.4, 0.5) is 9.59 Å². The summed E-state index contributed by atoms with van der Waals surface area (Å²) in [6.07, 6.45) is -1.21. The Kier molecular flexibility index (Phi) is 10.4. The molecule has 0 aromatic heterocycles. The van der Waals surface area contributed by atoms with E-state index in [1.165, 1.54) is 4.90 Å². The van der Waals surface area contributed by atoms with Crippen molar-refractivity contribution in [3.05, 3.63) is 71.3 Å². The van der Waals surface area contributed by atoms with Gasteiger partial charge in [0, 0.05) is 19.6 Å². The summed E-state index contributed by atoms with van der Waals surface area (Å²) in [4.78, 5) is 52.8. The molecule has 3 rings (SSSR count). The molecule has 2 unspecified atom stereocenters. The van der Waals surface area contributed by atoms with Crippen molar-refractivity contribution >= 4 is 23.9 Å². The monoisotopic (exact) mass is 539 g/mol. The molecule has 0 bridgehead atoms. The molecule has 1 heterocycles. The number of carbonyl (C=O) groups is 4. The van der Waals surface area contributed by atoms with Gasteiger partial charge in [-0.05, 0) is 57.4 Å². The zero-order chi connectivity index (χ0) is 28.4. The van der Waals surface area contributed by atoms with E-state index in [2.05, 4.69) is 10.6 Å². The first-order chi connectivity index (χ1) is 18.6. The number of rotatable bonds is 9. The Morgan fingerprint density at radius 1 is 1.00 bits per heavy atom. The number of hydrogen-bond acceptors (Lipinski definition) is 8. The quantitative estimate of drug-likeness (QED) is 0.367. The van der Waals surface area contributed by atoms with Crippen molar-refractivity contribution < 1.29 is 33.4 Å². The molecule has 1 aliphatic heterocycles. The van der Waals surface area contributed by atoms with Gasteiger partial charge in [0.1, 0.15) is 18.2 Å². The summed E-state index contributed by atoms with van der Waals surface area (Å²) < 4.78 is 15.9. The molecule has 1 fully saturated rings. The SMILES string of the molecule is CCOC(=O)N1CCNCC1C(=O)C(Cc1ccc(C(=O)OC(C)(C)C)cc1)NC(=O)OCc1ccccc1. The Hall–Kier alpha value is -3.92. The first-order valence-corrected chi connectivity index (χ1v) is 13.0. The maximum absolute atomic E-state index is 13.7. The molecule has 2 aromatic rings. The van der Waals surface area contributed by atoms with Crippen molar-refractivity contribution in [3.8, 4) is 0 Å². The maximum atomic E-state index is 13.7. The van der Waals surface area contributed by atoms with Gasteiger partial charge in [0.15, 0.2) is 5.78 Å². The largest absolute Gasteiger partial charge is 0.456 e. The minimum atomic E-state index is -0.998. The third-order valence-corrected chi connectivity index (χ3v) is 5.95. The molecule has 1 saturated heterocycles. The van der Waals surface area contributed by atoms with Gasteiger partial charge < -0.3 is 24.8 Å². The molecule has 0 radical (unpaired) electrons. The number of nitrogens with zero attached hydrogens (tertiary/aromatic N) is 1. The van der Waals surface area contributed by atoms with Crippen molar-refractivity contribution in [2.75, 3.05) is 26.2 Å². The molecule has 10 nitrogen and oxygen atoms in total. The Labute approximate surface area is 229 Å². The van der Waals surface area contributed by atoms with E-state index in [4.69, 9.17) is 14.2 Å². The molecule has 39 heavy (non-hydrogen) atoms. The maximum Gasteiger partial charge on any atom is 0.410 e. The highest BCUT2D eigenvalue weighted by molar-refractivity contribution is 5.94. The molecule has 0 aliphatic carbocycles. The highest BCUT2D eigenvalue weighted by atomic mass is 16.6. The number of ether oxygens (including phenoxy) is 3. The molecular weight excluding hydrogens is 502 g/mol. The average Bonchev–Trinajstić information content (AvgIpc) is 2.91. The fourth-order valence-electron chi connectivity index (χ4n) is 4.10. The minimum absolute atomic E-state index is 0.0398. The van der Waals surface area contributed by atoms with Gasteiger partial charge in [0.2, 0.25) is 0 Å². The lowest BCUT2D eigenvalue weighted by molar-refractivity contribution is -0.126. The van der Waals surface area contributed by atoms with E-state index >= 15 is 0 Å². The molecular formula is C29H37N3O7. The van der Waals surface area contributed by atoms with E-state index in [1.807, 2.05) is 30.3 Å². The Morgan fingerprint density at radius 3 is 2.33 bits per heavy atom. The third kappa shape index (κ3) is 9.10. The van der Waals surface area contributed by atoms with Crippen LogP contribution in [-0.2, 0) is 32.0 Å². The molecule has 0 spiro atoms. The summed E-state index contributed by atoms with van der Waals surface area (Å²) in [7, 11) is 0. The summed E-state index contributed by atoms with van der Waals surface area (Å²) in [6, 6.07) is 14.0. The number of amides is 2. The van der Waals surface area contributed by atoms with Crippen molar-refractivity contribution in [2.24, 2.45) is 0 Å². The van der Waals surface area contributed by atoms with Gasteiger partial charge in [0.25, 0.3) is 0 Å². The number of nitrogens with one attached hydrogen (secondary N) is 2. The topological polar surface area (TPSA) is 123 Å². The van der Waals surface area contributed by atoms with Crippen LogP contribution in [-0.4, -0.2) is 72.8 Å². The lowest BCUT2D eigenvalue weighted by Crippen LogP contribution is -2.61. The number of benzene rings is 2. The van der Waals surface area contributed by atoms with Crippen LogP contribution in [0.25, 0.3) is 0 Å². The van der Waals surface area contributed by atoms with Gasteiger partial charge in [-0.15, -0.1) is 0 Å². The second-order valence-electron chi connectivity index (χ2n) is 10.2. The zero-order valence-corrected chi connectivity index (χ0v) is 22.9. The molecule has 2 atom stereocenters. The lowest BCUT2D eigenvalue weighted by Gasteiger charge is -2.36. The van der Waals surface area contributed by atoms with Gasteiger partial charge in [-0.25, -0.2) is 14.4 Å². The summed E-state index contributed by atoms with van der Waals surface area (Å²) >= 11 is 0. The first kappa shape index (κ1) is 29.6. The Morgan fingerprint density at radius 2 is 1.69 bits per heavy atom. The van der Waals surface area contributed by atoms with Crippen LogP contribution in [0.15, 0.2) is 54.6 Å². The summed E-state index contributed by atoms with van der Waals surface area (Å²) in [5.74, 6) is -0.814. The number of esters is 1. The Bertz CT molecular complexity index is 1130. The number of alkyl carbamates (subject to hydrolysis) is 1. The normalized spacial score (nSPS) is 16.1. The first-order valence-electron chi connectivity index (χ1n) is 13.0. The highest BCUT2D eigenvalue weighted by Crippen LogP contribution is 2.16. The lowest BCUT2D eigenvalue weighted by atomic mass is 9.95. The van der Waals surface area contributed by atoms with Crippen LogP contribution >= 0.6 is 0 Å². The minimum Gasteiger partial charge on any atom is -0.456 e. The van der Waals surface area contributed by atoms with E-state index < -0.39 is 35.8 Å². The molecule has 2 N–H and O–H groups in total. The predicted octanol–water partition coefficient (Wildman–Crippen LogP) is 3.48. The van der Waals surface area contributed by atoms with Crippen LogP contribution in [0.5, 0.6) is 0 Å². The van der Waals surface area contributed by atoms with Crippen LogP contribution in [0.2, 0.25) is 0 Å². The van der Waals surface area contributed by atoms with Gasteiger partial charge in [-0.1, -0.05) is 42.5 Å². The number of ketones is 1. The molecule has 1 aliphatic rings. The third-order valence-electron chi connectivity index (χ3n) is 5.95. The zero-order valence-electron chi connectivity index (χ0n) is 22.9. The van der Waals surface area contributed by atoms with E-state index in [1.54, 1.807) is 52.0 Å². The standard InChI is InChI=1S/C29H37N3O7/c1-5-37-28(36)32-16-15-30-18-24(32)25(33)23(31-27(35)38-19-21-9-7-6-8-10-21)17-20-11-13-22(14-12-20)26(34)39-29(2,3)4/h6-14,23-24,30H,5,15-19H2,1-4H3,(H,31,35). The van der Waals surface area contributed by atoms with Crippen molar-refractivity contribution in [1.29, 1.82) is 0 Å². The highest BCUT2D eigenvalue weighted by Gasteiger charge is 2.37. The van der Waals surface area contributed by atoms with Crippen molar-refractivity contribution in [2.45, 2.75) is 58.4 Å². The fourth-order valence-corrected chi connectivity index (χ4v) is 4.10. The van der Waals surface area contributed by atoms with Crippen LogP contribution < -0.4 is 10.6 Å². The second kappa shape index (κ2) is 13.7. The molecule has 10 heteroatoms.